The third-order valence-electron chi connectivity index (χ3n) is 1.91. The fraction of sp³-hybridized carbons (Fsp3) is 0.200. The summed E-state index contributed by atoms with van der Waals surface area (Å²) in [7, 11) is 1.25. The standard InChI is InChI=1S/C10H12N2O4/c1-6-3-4-7(11-9(13)14)5-8(6)12-10(15)16-2/h3-5,11H,1-2H3,(H,12,15)(H,13,14). The molecule has 1 aromatic carbocycles. The van der Waals surface area contributed by atoms with Crippen molar-refractivity contribution < 1.29 is 19.4 Å². The highest BCUT2D eigenvalue weighted by atomic mass is 16.5. The van der Waals surface area contributed by atoms with E-state index in [2.05, 4.69) is 15.4 Å². The van der Waals surface area contributed by atoms with E-state index in [1.807, 2.05) is 0 Å². The molecule has 16 heavy (non-hydrogen) atoms. The molecule has 0 fully saturated rings. The van der Waals surface area contributed by atoms with Crippen LogP contribution in [0.3, 0.4) is 0 Å². The molecular formula is C10H12N2O4. The number of anilines is 2. The summed E-state index contributed by atoms with van der Waals surface area (Å²) in [4.78, 5) is 21.4. The molecule has 6 heteroatoms. The summed E-state index contributed by atoms with van der Waals surface area (Å²) in [6.07, 6.45) is -1.76. The molecule has 0 atom stereocenters. The quantitative estimate of drug-likeness (QED) is 0.719. The molecule has 0 aliphatic carbocycles. The monoisotopic (exact) mass is 224 g/mol. The molecule has 86 valence electrons. The average Bonchev–Trinajstić information content (AvgIpc) is 2.22. The normalized spacial score (nSPS) is 9.38. The van der Waals surface area contributed by atoms with E-state index in [0.29, 0.717) is 11.4 Å². The van der Waals surface area contributed by atoms with Crippen molar-refractivity contribution in [3.8, 4) is 0 Å². The molecule has 0 bridgehead atoms. The molecule has 1 aromatic rings. The Morgan fingerprint density at radius 3 is 2.56 bits per heavy atom. The van der Waals surface area contributed by atoms with E-state index in [1.54, 1.807) is 19.1 Å². The Morgan fingerprint density at radius 2 is 2.00 bits per heavy atom. The number of benzene rings is 1. The molecule has 1 rings (SSSR count). The van der Waals surface area contributed by atoms with Gasteiger partial charge in [0.25, 0.3) is 0 Å². The lowest BCUT2D eigenvalue weighted by atomic mass is 10.2. The Balaban J connectivity index is 2.90. The lowest BCUT2D eigenvalue weighted by Crippen LogP contribution is -2.13. The summed E-state index contributed by atoms with van der Waals surface area (Å²) in [5.41, 5.74) is 1.68. The third-order valence-corrected chi connectivity index (χ3v) is 1.91. The van der Waals surface area contributed by atoms with Crippen molar-refractivity contribution in [2.45, 2.75) is 6.92 Å². The number of ether oxygens (including phenoxy) is 1. The van der Waals surface area contributed by atoms with Crippen molar-refractivity contribution in [3.63, 3.8) is 0 Å². The van der Waals surface area contributed by atoms with Crippen LogP contribution in [0.5, 0.6) is 0 Å². The molecule has 0 aliphatic heterocycles. The molecule has 0 aromatic heterocycles. The van der Waals surface area contributed by atoms with Gasteiger partial charge in [0.1, 0.15) is 0 Å². The molecule has 0 heterocycles. The van der Waals surface area contributed by atoms with Gasteiger partial charge in [-0.3, -0.25) is 10.6 Å². The van der Waals surface area contributed by atoms with Gasteiger partial charge in [-0.25, -0.2) is 9.59 Å². The molecule has 0 radical (unpaired) electrons. The Bertz CT molecular complexity index is 417. The topological polar surface area (TPSA) is 87.7 Å². The first-order valence-corrected chi connectivity index (χ1v) is 4.48. The molecule has 2 amide bonds. The van der Waals surface area contributed by atoms with E-state index in [4.69, 9.17) is 5.11 Å². The van der Waals surface area contributed by atoms with Gasteiger partial charge in [-0.2, -0.15) is 0 Å². The molecule has 6 nitrogen and oxygen atoms in total. The second-order valence-electron chi connectivity index (χ2n) is 3.08. The smallest absolute Gasteiger partial charge is 0.411 e. The maximum absolute atomic E-state index is 11.0. The predicted molar refractivity (Wildman–Crippen MR) is 58.9 cm³/mol. The van der Waals surface area contributed by atoms with Crippen LogP contribution in [0.2, 0.25) is 0 Å². The van der Waals surface area contributed by atoms with E-state index in [-0.39, 0.29) is 0 Å². The van der Waals surface area contributed by atoms with Gasteiger partial charge < -0.3 is 9.84 Å². The van der Waals surface area contributed by atoms with Crippen LogP contribution in [0, 0.1) is 6.92 Å². The van der Waals surface area contributed by atoms with Crippen molar-refractivity contribution in [2.75, 3.05) is 17.7 Å². The summed E-state index contributed by atoms with van der Waals surface area (Å²) >= 11 is 0. The van der Waals surface area contributed by atoms with Crippen LogP contribution in [-0.4, -0.2) is 24.4 Å². The Kier molecular flexibility index (Phi) is 3.71. The number of carboxylic acid groups (broad SMARTS) is 1. The molecule has 0 unspecified atom stereocenters. The summed E-state index contributed by atoms with van der Waals surface area (Å²) in [5, 5.41) is 13.2. The molecule has 3 N–H and O–H groups in total. The number of rotatable bonds is 2. The summed E-state index contributed by atoms with van der Waals surface area (Å²) in [6, 6.07) is 4.81. The van der Waals surface area contributed by atoms with Crippen molar-refractivity contribution in [3.05, 3.63) is 23.8 Å². The van der Waals surface area contributed by atoms with Crippen molar-refractivity contribution in [1.82, 2.24) is 0 Å². The molecule has 0 saturated carbocycles. The predicted octanol–water partition coefficient (Wildman–Crippen LogP) is 2.26. The van der Waals surface area contributed by atoms with Gasteiger partial charge in [-0.1, -0.05) is 6.07 Å². The lowest BCUT2D eigenvalue weighted by Gasteiger charge is -2.09. The van der Waals surface area contributed by atoms with Crippen LogP contribution >= 0.6 is 0 Å². The maximum Gasteiger partial charge on any atom is 0.411 e. The van der Waals surface area contributed by atoms with Gasteiger partial charge in [0.15, 0.2) is 0 Å². The van der Waals surface area contributed by atoms with Crippen molar-refractivity contribution in [2.24, 2.45) is 0 Å². The SMILES string of the molecule is COC(=O)Nc1cc(NC(=O)O)ccc1C. The summed E-state index contributed by atoms with van der Waals surface area (Å²) in [5.74, 6) is 0. The Labute approximate surface area is 92.2 Å². The molecular weight excluding hydrogens is 212 g/mol. The zero-order valence-corrected chi connectivity index (χ0v) is 8.90. The first-order valence-electron chi connectivity index (χ1n) is 4.48. The minimum atomic E-state index is -1.16. The number of hydrogen-bond acceptors (Lipinski definition) is 3. The van der Waals surface area contributed by atoms with E-state index in [9.17, 15) is 9.59 Å². The molecule has 0 saturated heterocycles. The van der Waals surface area contributed by atoms with Gasteiger partial charge >= 0.3 is 12.2 Å². The number of nitrogens with one attached hydrogen (secondary N) is 2. The van der Waals surface area contributed by atoms with Crippen LogP contribution in [0.1, 0.15) is 5.56 Å². The highest BCUT2D eigenvalue weighted by Crippen LogP contribution is 2.20. The number of carbonyl (C=O) groups is 2. The van der Waals surface area contributed by atoms with Gasteiger partial charge in [-0.15, -0.1) is 0 Å². The number of carbonyl (C=O) groups excluding carboxylic acids is 1. The van der Waals surface area contributed by atoms with E-state index < -0.39 is 12.2 Å². The van der Waals surface area contributed by atoms with Crippen LogP contribution in [0.25, 0.3) is 0 Å². The van der Waals surface area contributed by atoms with Crippen LogP contribution in [0.15, 0.2) is 18.2 Å². The maximum atomic E-state index is 11.0. The van der Waals surface area contributed by atoms with E-state index in [1.165, 1.54) is 13.2 Å². The van der Waals surface area contributed by atoms with Crippen molar-refractivity contribution in [1.29, 1.82) is 0 Å². The molecule has 0 aliphatic rings. The van der Waals surface area contributed by atoms with E-state index >= 15 is 0 Å². The number of amides is 2. The zero-order chi connectivity index (χ0) is 12.1. The minimum absolute atomic E-state index is 0.379. The Morgan fingerprint density at radius 1 is 1.31 bits per heavy atom. The van der Waals surface area contributed by atoms with Crippen molar-refractivity contribution >= 4 is 23.6 Å². The second kappa shape index (κ2) is 5.01. The number of aryl methyl sites for hydroxylation is 1. The minimum Gasteiger partial charge on any atom is -0.465 e. The van der Waals surface area contributed by atoms with Gasteiger partial charge in [0.05, 0.1) is 7.11 Å². The number of methoxy groups -OCH3 is 1. The molecule has 0 spiro atoms. The number of hydrogen-bond donors (Lipinski definition) is 3. The Hall–Kier alpha value is -2.24. The highest BCUT2D eigenvalue weighted by molar-refractivity contribution is 5.89. The second-order valence-corrected chi connectivity index (χ2v) is 3.08. The average molecular weight is 224 g/mol. The first-order chi connectivity index (χ1) is 7.52. The summed E-state index contributed by atoms with van der Waals surface area (Å²) in [6.45, 7) is 1.79. The van der Waals surface area contributed by atoms with E-state index in [0.717, 1.165) is 5.56 Å². The van der Waals surface area contributed by atoms with Gasteiger partial charge in [0.2, 0.25) is 0 Å². The fourth-order valence-electron chi connectivity index (χ4n) is 1.12. The first kappa shape index (κ1) is 11.8. The fourth-order valence-corrected chi connectivity index (χ4v) is 1.12. The van der Waals surface area contributed by atoms with Gasteiger partial charge in [-0.05, 0) is 24.6 Å². The van der Waals surface area contributed by atoms with Crippen LogP contribution < -0.4 is 10.6 Å². The van der Waals surface area contributed by atoms with Gasteiger partial charge in [0, 0.05) is 11.4 Å². The largest absolute Gasteiger partial charge is 0.465 e. The third kappa shape index (κ3) is 3.16. The van der Waals surface area contributed by atoms with Crippen LogP contribution in [-0.2, 0) is 4.74 Å². The van der Waals surface area contributed by atoms with Crippen LogP contribution in [0.4, 0.5) is 21.0 Å². The summed E-state index contributed by atoms with van der Waals surface area (Å²) < 4.78 is 4.44. The zero-order valence-electron chi connectivity index (χ0n) is 8.90. The highest BCUT2D eigenvalue weighted by Gasteiger charge is 2.06. The lowest BCUT2D eigenvalue weighted by molar-refractivity contribution is 0.187.